The first kappa shape index (κ1) is 38.3. The second-order valence-corrected chi connectivity index (χ2v) is 15.3. The number of hydrogen-bond acceptors (Lipinski definition) is 10. The van der Waals surface area contributed by atoms with Crippen molar-refractivity contribution in [1.82, 2.24) is 24.2 Å². The number of carbonyl (C=O) groups excluding carboxylic acids is 2. The molecule has 52 heavy (non-hydrogen) atoms. The van der Waals surface area contributed by atoms with Crippen molar-refractivity contribution in [3.05, 3.63) is 66.7 Å². The lowest BCUT2D eigenvalue weighted by molar-refractivity contribution is -0.135. The highest BCUT2D eigenvalue weighted by Crippen LogP contribution is 2.38. The zero-order valence-corrected chi connectivity index (χ0v) is 28.9. The van der Waals surface area contributed by atoms with Gasteiger partial charge in [-0.15, -0.1) is 0 Å². The highest BCUT2D eigenvalue weighted by atomic mass is 32.2. The zero-order valence-electron chi connectivity index (χ0n) is 27.3. The quantitative estimate of drug-likeness (QED) is 0.126. The first-order chi connectivity index (χ1) is 24.1. The van der Waals surface area contributed by atoms with E-state index in [9.17, 15) is 52.8 Å². The van der Waals surface area contributed by atoms with Crippen molar-refractivity contribution in [2.45, 2.75) is 49.8 Å². The third kappa shape index (κ3) is 7.50. The van der Waals surface area contributed by atoms with Crippen molar-refractivity contribution in [3.63, 3.8) is 0 Å². The molecule has 4 aromatic rings. The number of nitrogens with one attached hydrogen (secondary N) is 1. The molecule has 2 aromatic carbocycles. The number of pyridine rings is 1. The van der Waals surface area contributed by atoms with Crippen LogP contribution in [0.5, 0.6) is 5.75 Å². The number of carbonyl (C=O) groups is 2. The number of aromatic nitrogens is 3. The minimum atomic E-state index is -6.01. The van der Waals surface area contributed by atoms with E-state index < -0.39 is 72.7 Å². The van der Waals surface area contributed by atoms with E-state index in [1.54, 1.807) is 32.0 Å². The van der Waals surface area contributed by atoms with Crippen molar-refractivity contribution in [2.75, 3.05) is 13.7 Å². The molecule has 1 saturated heterocycles. The number of alkyl halides is 6. The predicted octanol–water partition coefficient (Wildman–Crippen LogP) is 5.74. The maximum Gasteiger partial charge on any atom is 0.534 e. The van der Waals surface area contributed by atoms with E-state index in [0.29, 0.717) is 22.9 Å². The minimum Gasteiger partial charge on any atom is -0.453 e. The van der Waals surface area contributed by atoms with Crippen LogP contribution in [-0.2, 0) is 29.7 Å². The van der Waals surface area contributed by atoms with Crippen LogP contribution in [0.2, 0.25) is 0 Å². The molecule has 0 bridgehead atoms. The lowest BCUT2D eigenvalue weighted by atomic mass is 10.0. The zero-order chi connectivity index (χ0) is 38.4. The van der Waals surface area contributed by atoms with Crippen LogP contribution in [0, 0.1) is 5.92 Å². The summed E-state index contributed by atoms with van der Waals surface area (Å²) in [7, 11) is -10.8. The van der Waals surface area contributed by atoms with Gasteiger partial charge in [-0.3, -0.25) is 9.78 Å². The van der Waals surface area contributed by atoms with Gasteiger partial charge in [0.2, 0.25) is 5.91 Å². The Kier molecular flexibility index (Phi) is 10.2. The summed E-state index contributed by atoms with van der Waals surface area (Å²) in [6.45, 7) is 3.33. The third-order valence-corrected chi connectivity index (χ3v) is 10.5. The van der Waals surface area contributed by atoms with Crippen LogP contribution in [-0.4, -0.2) is 78.4 Å². The maximum atomic E-state index is 13.9. The molecule has 3 heterocycles. The molecule has 1 aliphatic rings. The highest BCUT2D eigenvalue weighted by Gasteiger charge is 2.50. The molecule has 1 aliphatic heterocycles. The van der Waals surface area contributed by atoms with E-state index in [0.717, 1.165) is 25.4 Å². The number of nitrogens with zero attached hydrogens (tertiary/aromatic N) is 4. The molecule has 2 aromatic heterocycles. The molecular weight excluding hydrogens is 748 g/mol. The van der Waals surface area contributed by atoms with Crippen molar-refractivity contribution in [1.29, 1.82) is 0 Å². The number of fused-ring (bicyclic) bond motifs is 1. The van der Waals surface area contributed by atoms with Gasteiger partial charge >= 0.3 is 37.3 Å². The van der Waals surface area contributed by atoms with Crippen LogP contribution in [0.1, 0.15) is 38.6 Å². The normalized spacial score (nSPS) is 16.3. The summed E-state index contributed by atoms with van der Waals surface area (Å²) in [5.41, 5.74) is -10.2. The fourth-order valence-corrected chi connectivity index (χ4v) is 6.86. The monoisotopic (exact) mass is 777 g/mol. The largest absolute Gasteiger partial charge is 0.534 e. The Labute approximate surface area is 292 Å². The van der Waals surface area contributed by atoms with Gasteiger partial charge < -0.3 is 19.1 Å². The minimum absolute atomic E-state index is 0.0236. The first-order valence-electron chi connectivity index (χ1n) is 15.2. The summed E-state index contributed by atoms with van der Waals surface area (Å²) in [5, 5.41) is 2.81. The molecular formula is C31H29F6N5O8S2. The fourth-order valence-electron chi connectivity index (χ4n) is 5.54. The number of ether oxygens (including phenoxy) is 1. The van der Waals surface area contributed by atoms with Crippen molar-refractivity contribution < 1.29 is 61.7 Å². The van der Waals surface area contributed by atoms with Gasteiger partial charge in [-0.2, -0.15) is 43.2 Å². The summed E-state index contributed by atoms with van der Waals surface area (Å²) in [5.74, 6) is -2.28. The molecule has 2 unspecified atom stereocenters. The summed E-state index contributed by atoms with van der Waals surface area (Å²) in [6, 6.07) is 8.58. The highest BCUT2D eigenvalue weighted by molar-refractivity contribution is 7.90. The number of amides is 2. The van der Waals surface area contributed by atoms with Gasteiger partial charge in [-0.1, -0.05) is 38.1 Å². The molecule has 2 atom stereocenters. The van der Waals surface area contributed by atoms with Gasteiger partial charge in [-0.25, -0.2) is 13.8 Å². The maximum absolute atomic E-state index is 13.9. The smallest absolute Gasteiger partial charge is 0.453 e. The number of methoxy groups -OCH3 is 1. The summed E-state index contributed by atoms with van der Waals surface area (Å²) in [6.07, 6.45) is 1.54. The second-order valence-electron chi connectivity index (χ2n) is 11.9. The van der Waals surface area contributed by atoms with Gasteiger partial charge in [-0.05, 0) is 42.5 Å². The number of benzene rings is 2. The SMILES string of the molecule is COC(=O)NC(C(=O)N1CCCC1c1nc(-c2ccc(-c3cnc4cc(OS(=O)(=O)C(F)(F)F)ccc4c3)cc2)cn1S(=O)(=O)C(F)(F)F)C(C)C. The lowest BCUT2D eigenvalue weighted by Crippen LogP contribution is -2.51. The first-order valence-corrected chi connectivity index (χ1v) is 18.1. The number of halogens is 6. The van der Waals surface area contributed by atoms with E-state index in [1.165, 1.54) is 29.3 Å². The number of imidazole rings is 1. The Balaban J connectivity index is 1.47. The van der Waals surface area contributed by atoms with Crippen molar-refractivity contribution in [3.8, 4) is 28.1 Å². The third-order valence-electron chi connectivity index (χ3n) is 8.14. The summed E-state index contributed by atoms with van der Waals surface area (Å²) in [4.78, 5) is 35.1. The van der Waals surface area contributed by atoms with E-state index in [2.05, 4.69) is 24.2 Å². The predicted molar refractivity (Wildman–Crippen MR) is 172 cm³/mol. The Bertz CT molecular complexity index is 2220. The molecule has 0 saturated carbocycles. The lowest BCUT2D eigenvalue weighted by Gasteiger charge is -2.30. The summed E-state index contributed by atoms with van der Waals surface area (Å²) >= 11 is 0. The van der Waals surface area contributed by atoms with E-state index in [-0.39, 0.29) is 33.7 Å². The second kappa shape index (κ2) is 13.9. The van der Waals surface area contributed by atoms with Crippen LogP contribution in [0.15, 0.2) is 60.9 Å². The number of hydrogen-bond donors (Lipinski definition) is 1. The average Bonchev–Trinajstić information content (AvgIpc) is 3.74. The average molecular weight is 778 g/mol. The Morgan fingerprint density at radius 3 is 2.17 bits per heavy atom. The standard InChI is InChI=1S/C31H29F6N5O8S2/c1-17(2)26(40-29(44)49-3)28(43)41-12-4-5-25(41)27-39-24(16-42(27)51(45,46)30(32,33)34)19-8-6-18(7-9-19)21-13-20-10-11-22(14-23(20)38-15-21)50-52(47,48)31(35,36)37/h6-11,13-17,25-26H,4-5,12H2,1-3H3,(H,40,44). The van der Waals surface area contributed by atoms with Crippen LogP contribution in [0.4, 0.5) is 31.1 Å². The Morgan fingerprint density at radius 1 is 0.923 bits per heavy atom. The fraction of sp³-hybridized carbons (Fsp3) is 0.355. The summed E-state index contributed by atoms with van der Waals surface area (Å²) < 4.78 is 137. The van der Waals surface area contributed by atoms with Crippen LogP contribution < -0.4 is 9.50 Å². The molecule has 0 radical (unpaired) electrons. The van der Waals surface area contributed by atoms with Gasteiger partial charge in [0, 0.05) is 41.5 Å². The number of rotatable bonds is 9. The molecule has 1 N–H and O–H groups in total. The van der Waals surface area contributed by atoms with E-state index in [1.807, 2.05) is 0 Å². The molecule has 5 rings (SSSR count). The number of likely N-dealkylation sites (tertiary alicyclic amines) is 1. The number of alkyl carbamates (subject to hydrolysis) is 1. The molecule has 2 amide bonds. The van der Waals surface area contributed by atoms with Crippen molar-refractivity contribution in [2.24, 2.45) is 5.92 Å². The molecule has 0 aliphatic carbocycles. The van der Waals surface area contributed by atoms with Crippen molar-refractivity contribution >= 4 is 43.0 Å². The van der Waals surface area contributed by atoms with E-state index >= 15 is 0 Å². The van der Waals surface area contributed by atoms with E-state index in [4.69, 9.17) is 0 Å². The van der Waals surface area contributed by atoms with Crippen LogP contribution in [0.3, 0.4) is 0 Å². The molecule has 13 nitrogen and oxygen atoms in total. The van der Waals surface area contributed by atoms with Gasteiger partial charge in [0.25, 0.3) is 0 Å². The topological polar surface area (TPSA) is 167 Å². The van der Waals surface area contributed by atoms with Gasteiger partial charge in [0.1, 0.15) is 17.6 Å². The Hall–Kier alpha value is -4.92. The molecule has 1 fully saturated rings. The van der Waals surface area contributed by atoms with Crippen LogP contribution in [0.25, 0.3) is 33.3 Å². The molecule has 0 spiro atoms. The molecule has 280 valence electrons. The van der Waals surface area contributed by atoms with Crippen LogP contribution >= 0.6 is 0 Å². The van der Waals surface area contributed by atoms with Gasteiger partial charge in [0.05, 0.1) is 24.4 Å². The Morgan fingerprint density at radius 2 is 1.58 bits per heavy atom. The van der Waals surface area contributed by atoms with Gasteiger partial charge in [0.15, 0.2) is 0 Å². The molecule has 21 heteroatoms.